The molecule has 1 aromatic rings. The van der Waals surface area contributed by atoms with Crippen LogP contribution in [0.3, 0.4) is 0 Å². The number of fused-ring (bicyclic) bond motifs is 1. The summed E-state index contributed by atoms with van der Waals surface area (Å²) in [6.07, 6.45) is 3.42. The molecule has 2 rings (SSSR count). The summed E-state index contributed by atoms with van der Waals surface area (Å²) in [6, 6.07) is 6.39. The standard InChI is InChI=1S/C13H19NO/c1-13(9-14)6-5-10-3-4-12(15-2)7-11(10)8-13/h3-4,7H,5-6,8-9,14H2,1-2H3. The van der Waals surface area contributed by atoms with Gasteiger partial charge in [0.25, 0.3) is 0 Å². The zero-order valence-corrected chi connectivity index (χ0v) is 9.55. The quantitative estimate of drug-likeness (QED) is 0.803. The Morgan fingerprint density at radius 3 is 2.87 bits per heavy atom. The van der Waals surface area contributed by atoms with Crippen LogP contribution >= 0.6 is 0 Å². The summed E-state index contributed by atoms with van der Waals surface area (Å²) in [7, 11) is 1.71. The maximum Gasteiger partial charge on any atom is 0.119 e. The first kappa shape index (κ1) is 10.5. The summed E-state index contributed by atoms with van der Waals surface area (Å²) in [5.41, 5.74) is 8.98. The Morgan fingerprint density at radius 2 is 2.20 bits per heavy atom. The van der Waals surface area contributed by atoms with Crippen molar-refractivity contribution in [3.05, 3.63) is 29.3 Å². The van der Waals surface area contributed by atoms with Gasteiger partial charge in [0.15, 0.2) is 0 Å². The van der Waals surface area contributed by atoms with E-state index in [0.717, 1.165) is 25.1 Å². The highest BCUT2D eigenvalue weighted by Gasteiger charge is 2.28. The summed E-state index contributed by atoms with van der Waals surface area (Å²) in [6.45, 7) is 3.04. The van der Waals surface area contributed by atoms with Crippen LogP contribution in [-0.2, 0) is 12.8 Å². The molecule has 15 heavy (non-hydrogen) atoms. The van der Waals surface area contributed by atoms with Gasteiger partial charge in [0.2, 0.25) is 0 Å². The Bertz CT molecular complexity index is 362. The molecule has 1 aliphatic rings. The van der Waals surface area contributed by atoms with E-state index in [1.165, 1.54) is 17.5 Å². The van der Waals surface area contributed by atoms with Crippen LogP contribution in [0.4, 0.5) is 0 Å². The molecule has 1 unspecified atom stereocenters. The predicted octanol–water partition coefficient (Wildman–Crippen LogP) is 2.15. The molecule has 0 aromatic heterocycles. The van der Waals surface area contributed by atoms with Crippen LogP contribution in [0.5, 0.6) is 5.75 Å². The average Bonchev–Trinajstić information content (AvgIpc) is 2.28. The number of aryl methyl sites for hydroxylation is 1. The molecule has 1 aromatic carbocycles. The Morgan fingerprint density at radius 1 is 1.40 bits per heavy atom. The van der Waals surface area contributed by atoms with Crippen LogP contribution in [0.25, 0.3) is 0 Å². The fourth-order valence-corrected chi connectivity index (χ4v) is 2.30. The zero-order valence-electron chi connectivity index (χ0n) is 9.55. The van der Waals surface area contributed by atoms with Gasteiger partial charge in [0, 0.05) is 0 Å². The number of hydrogen-bond donors (Lipinski definition) is 1. The number of nitrogens with two attached hydrogens (primary N) is 1. The largest absolute Gasteiger partial charge is 0.497 e. The molecule has 2 N–H and O–H groups in total. The molecule has 2 heteroatoms. The van der Waals surface area contributed by atoms with Gasteiger partial charge in [-0.1, -0.05) is 13.0 Å². The van der Waals surface area contributed by atoms with Gasteiger partial charge < -0.3 is 10.5 Å². The Labute approximate surface area is 91.4 Å². The van der Waals surface area contributed by atoms with Crippen LogP contribution in [0.1, 0.15) is 24.5 Å². The van der Waals surface area contributed by atoms with E-state index in [1.807, 2.05) is 6.07 Å². The third-order valence-corrected chi connectivity index (χ3v) is 3.52. The first-order valence-electron chi connectivity index (χ1n) is 5.53. The fourth-order valence-electron chi connectivity index (χ4n) is 2.30. The third-order valence-electron chi connectivity index (χ3n) is 3.52. The van der Waals surface area contributed by atoms with E-state index in [2.05, 4.69) is 19.1 Å². The summed E-state index contributed by atoms with van der Waals surface area (Å²) in [4.78, 5) is 0. The van der Waals surface area contributed by atoms with Gasteiger partial charge >= 0.3 is 0 Å². The summed E-state index contributed by atoms with van der Waals surface area (Å²) in [5.74, 6) is 0.954. The second-order valence-electron chi connectivity index (χ2n) is 4.83. The van der Waals surface area contributed by atoms with Crippen molar-refractivity contribution < 1.29 is 4.74 Å². The fraction of sp³-hybridized carbons (Fsp3) is 0.538. The molecule has 0 heterocycles. The number of ether oxygens (including phenoxy) is 1. The average molecular weight is 205 g/mol. The molecule has 0 saturated carbocycles. The molecule has 0 amide bonds. The third kappa shape index (κ3) is 2.00. The van der Waals surface area contributed by atoms with Crippen LogP contribution < -0.4 is 10.5 Å². The van der Waals surface area contributed by atoms with Gasteiger partial charge in [-0.15, -0.1) is 0 Å². The summed E-state index contributed by atoms with van der Waals surface area (Å²) < 4.78 is 5.25. The first-order chi connectivity index (χ1) is 7.17. The van der Waals surface area contributed by atoms with Crippen molar-refractivity contribution in [2.75, 3.05) is 13.7 Å². The smallest absolute Gasteiger partial charge is 0.119 e. The van der Waals surface area contributed by atoms with Crippen LogP contribution in [0, 0.1) is 5.41 Å². The van der Waals surface area contributed by atoms with Crippen LogP contribution in [0.2, 0.25) is 0 Å². The lowest BCUT2D eigenvalue weighted by molar-refractivity contribution is 0.289. The number of rotatable bonds is 2. The molecule has 0 saturated heterocycles. The summed E-state index contributed by atoms with van der Waals surface area (Å²) in [5, 5.41) is 0. The molecule has 0 radical (unpaired) electrons. The Balaban J connectivity index is 2.31. The van der Waals surface area contributed by atoms with Crippen molar-refractivity contribution >= 4 is 0 Å². The lowest BCUT2D eigenvalue weighted by Gasteiger charge is -2.33. The van der Waals surface area contributed by atoms with Gasteiger partial charge in [0.05, 0.1) is 7.11 Å². The number of methoxy groups -OCH3 is 1. The molecule has 0 aliphatic heterocycles. The lowest BCUT2D eigenvalue weighted by atomic mass is 9.73. The second kappa shape index (κ2) is 3.86. The SMILES string of the molecule is COc1ccc2c(c1)CC(C)(CN)CC2. The normalized spacial score (nSPS) is 24.7. The molecule has 2 nitrogen and oxygen atoms in total. The van der Waals surface area contributed by atoms with E-state index < -0.39 is 0 Å². The van der Waals surface area contributed by atoms with Crippen molar-refractivity contribution in [3.8, 4) is 5.75 Å². The van der Waals surface area contributed by atoms with Crippen LogP contribution in [-0.4, -0.2) is 13.7 Å². The molecule has 1 aliphatic carbocycles. The van der Waals surface area contributed by atoms with Gasteiger partial charge in [-0.25, -0.2) is 0 Å². The minimum absolute atomic E-state index is 0.277. The summed E-state index contributed by atoms with van der Waals surface area (Å²) >= 11 is 0. The highest BCUT2D eigenvalue weighted by molar-refractivity contribution is 5.38. The van der Waals surface area contributed by atoms with E-state index in [0.29, 0.717) is 0 Å². The van der Waals surface area contributed by atoms with E-state index in [-0.39, 0.29) is 5.41 Å². The highest BCUT2D eigenvalue weighted by atomic mass is 16.5. The highest BCUT2D eigenvalue weighted by Crippen LogP contribution is 2.35. The van der Waals surface area contributed by atoms with E-state index in [1.54, 1.807) is 7.11 Å². The molecule has 0 fully saturated rings. The maximum atomic E-state index is 5.83. The molecule has 82 valence electrons. The molecular weight excluding hydrogens is 186 g/mol. The predicted molar refractivity (Wildman–Crippen MR) is 62.2 cm³/mol. The molecule has 0 bridgehead atoms. The first-order valence-corrected chi connectivity index (χ1v) is 5.53. The van der Waals surface area contributed by atoms with Gasteiger partial charge in [-0.2, -0.15) is 0 Å². The molecule has 1 atom stereocenters. The lowest BCUT2D eigenvalue weighted by Crippen LogP contribution is -2.33. The van der Waals surface area contributed by atoms with E-state index >= 15 is 0 Å². The maximum absolute atomic E-state index is 5.83. The van der Waals surface area contributed by atoms with Gasteiger partial charge in [-0.3, -0.25) is 0 Å². The van der Waals surface area contributed by atoms with E-state index in [9.17, 15) is 0 Å². The minimum atomic E-state index is 0.277. The minimum Gasteiger partial charge on any atom is -0.497 e. The zero-order chi connectivity index (χ0) is 10.9. The van der Waals surface area contributed by atoms with Gasteiger partial charge in [0.1, 0.15) is 5.75 Å². The van der Waals surface area contributed by atoms with Crippen molar-refractivity contribution in [1.82, 2.24) is 0 Å². The second-order valence-corrected chi connectivity index (χ2v) is 4.83. The van der Waals surface area contributed by atoms with Crippen molar-refractivity contribution in [2.45, 2.75) is 26.2 Å². The van der Waals surface area contributed by atoms with E-state index in [4.69, 9.17) is 10.5 Å². The molecular formula is C13H19NO. The van der Waals surface area contributed by atoms with Crippen LogP contribution in [0.15, 0.2) is 18.2 Å². The number of hydrogen-bond acceptors (Lipinski definition) is 2. The van der Waals surface area contributed by atoms with Crippen molar-refractivity contribution in [2.24, 2.45) is 11.1 Å². The van der Waals surface area contributed by atoms with Crippen molar-refractivity contribution in [1.29, 1.82) is 0 Å². The number of benzene rings is 1. The van der Waals surface area contributed by atoms with Crippen molar-refractivity contribution in [3.63, 3.8) is 0 Å². The van der Waals surface area contributed by atoms with Gasteiger partial charge in [-0.05, 0) is 54.5 Å². The topological polar surface area (TPSA) is 35.2 Å². The Hall–Kier alpha value is -1.02. The Kier molecular flexibility index (Phi) is 2.70. The monoisotopic (exact) mass is 205 g/mol. The molecule has 0 spiro atoms.